The molecule has 1 aliphatic carbocycles. The Morgan fingerprint density at radius 1 is 1.50 bits per heavy atom. The average Bonchev–Trinajstić information content (AvgIpc) is 2.78. The minimum atomic E-state index is -0.371. The first-order valence-corrected chi connectivity index (χ1v) is 7.10. The van der Waals surface area contributed by atoms with Crippen molar-refractivity contribution in [3.05, 3.63) is 31.9 Å². The summed E-state index contributed by atoms with van der Waals surface area (Å²) in [5, 5.41) is 14.1. The van der Waals surface area contributed by atoms with Gasteiger partial charge in [0.25, 0.3) is 5.69 Å². The van der Waals surface area contributed by atoms with E-state index in [9.17, 15) is 10.1 Å². The van der Waals surface area contributed by atoms with Crippen LogP contribution in [0.5, 0.6) is 0 Å². The molecule has 1 aromatic carbocycles. The topological polar surface area (TPSA) is 81.2 Å². The van der Waals surface area contributed by atoms with Crippen LogP contribution in [0.2, 0.25) is 0 Å². The number of nitrogens with two attached hydrogens (primary N) is 1. The molecule has 1 aromatic rings. The zero-order chi connectivity index (χ0) is 13.1. The normalized spacial score (nSPS) is 23.0. The van der Waals surface area contributed by atoms with E-state index < -0.39 is 0 Å². The van der Waals surface area contributed by atoms with Crippen LogP contribution in [0.3, 0.4) is 0 Å². The van der Waals surface area contributed by atoms with E-state index in [1.807, 2.05) is 0 Å². The Morgan fingerprint density at radius 2 is 2.28 bits per heavy atom. The fourth-order valence-corrected chi connectivity index (χ4v) is 3.10. The van der Waals surface area contributed by atoms with Crippen LogP contribution in [0.1, 0.15) is 19.3 Å². The largest absolute Gasteiger partial charge is 0.381 e. The highest BCUT2D eigenvalue weighted by molar-refractivity contribution is 14.1. The summed E-state index contributed by atoms with van der Waals surface area (Å²) < 4.78 is 0.879. The fourth-order valence-electron chi connectivity index (χ4n) is 2.44. The Morgan fingerprint density at radius 3 is 2.89 bits per heavy atom. The second-order valence-corrected chi connectivity index (χ2v) is 5.76. The molecular formula is C12H16IN3O2. The first-order valence-electron chi connectivity index (χ1n) is 6.02. The van der Waals surface area contributed by atoms with E-state index in [4.69, 9.17) is 5.73 Å². The lowest BCUT2D eigenvalue weighted by Gasteiger charge is -2.21. The lowest BCUT2D eigenvalue weighted by Crippen LogP contribution is -2.29. The molecule has 1 aliphatic rings. The Kier molecular flexibility index (Phi) is 4.39. The molecular weight excluding hydrogens is 345 g/mol. The molecule has 0 bridgehead atoms. The second kappa shape index (κ2) is 5.83. The first-order chi connectivity index (χ1) is 8.61. The van der Waals surface area contributed by atoms with Crippen LogP contribution in [0.15, 0.2) is 18.2 Å². The molecule has 0 heterocycles. The van der Waals surface area contributed by atoms with E-state index in [0.29, 0.717) is 18.5 Å². The van der Waals surface area contributed by atoms with E-state index in [0.717, 1.165) is 22.1 Å². The number of halogens is 1. The predicted molar refractivity (Wildman–Crippen MR) is 79.6 cm³/mol. The molecule has 2 rings (SSSR count). The van der Waals surface area contributed by atoms with Gasteiger partial charge in [-0.2, -0.15) is 0 Å². The van der Waals surface area contributed by atoms with Crippen molar-refractivity contribution in [3.63, 3.8) is 0 Å². The van der Waals surface area contributed by atoms with Gasteiger partial charge in [0, 0.05) is 27.4 Å². The molecule has 0 spiro atoms. The monoisotopic (exact) mass is 361 g/mol. The van der Waals surface area contributed by atoms with Gasteiger partial charge in [-0.05, 0) is 54.0 Å². The zero-order valence-electron chi connectivity index (χ0n) is 9.93. The van der Waals surface area contributed by atoms with Gasteiger partial charge in [0.15, 0.2) is 0 Å². The van der Waals surface area contributed by atoms with Gasteiger partial charge in [-0.25, -0.2) is 0 Å². The molecule has 2 unspecified atom stereocenters. The van der Waals surface area contributed by atoms with Crippen LogP contribution in [-0.2, 0) is 0 Å². The third-order valence-corrected chi connectivity index (χ3v) is 4.36. The highest BCUT2D eigenvalue weighted by atomic mass is 127. The predicted octanol–water partition coefficient (Wildman–Crippen LogP) is 2.74. The molecule has 98 valence electrons. The minimum absolute atomic E-state index is 0.131. The Labute approximate surface area is 119 Å². The van der Waals surface area contributed by atoms with Gasteiger partial charge in [0.1, 0.15) is 0 Å². The number of nitro benzene ring substituents is 1. The van der Waals surface area contributed by atoms with Gasteiger partial charge in [-0.15, -0.1) is 0 Å². The van der Waals surface area contributed by atoms with Crippen LogP contribution in [0.25, 0.3) is 0 Å². The van der Waals surface area contributed by atoms with Gasteiger partial charge in [-0.1, -0.05) is 6.42 Å². The standard InChI is InChI=1S/C12H16IN3O2/c13-10-6-9(16(17)18)4-5-12(10)15-11-3-1-2-8(11)7-14/h4-6,8,11,15H,1-3,7,14H2. The van der Waals surface area contributed by atoms with Gasteiger partial charge < -0.3 is 11.1 Å². The summed E-state index contributed by atoms with van der Waals surface area (Å²) in [5.41, 5.74) is 6.84. The number of benzene rings is 1. The molecule has 0 saturated heterocycles. The Bertz CT molecular complexity index is 453. The summed E-state index contributed by atoms with van der Waals surface area (Å²) in [5.74, 6) is 0.510. The first kappa shape index (κ1) is 13.5. The summed E-state index contributed by atoms with van der Waals surface area (Å²) in [6, 6.07) is 5.31. The third kappa shape index (κ3) is 2.92. The lowest BCUT2D eigenvalue weighted by atomic mass is 10.0. The number of non-ortho nitro benzene ring substituents is 1. The van der Waals surface area contributed by atoms with Crippen LogP contribution >= 0.6 is 22.6 Å². The molecule has 0 radical (unpaired) electrons. The quantitative estimate of drug-likeness (QED) is 0.491. The van der Waals surface area contributed by atoms with E-state index in [-0.39, 0.29) is 10.6 Å². The summed E-state index contributed by atoms with van der Waals surface area (Å²) in [4.78, 5) is 10.3. The number of anilines is 1. The molecule has 1 fully saturated rings. The lowest BCUT2D eigenvalue weighted by molar-refractivity contribution is -0.384. The molecule has 0 aromatic heterocycles. The van der Waals surface area contributed by atoms with Crippen LogP contribution in [0, 0.1) is 19.6 Å². The van der Waals surface area contributed by atoms with Crippen LogP contribution in [0.4, 0.5) is 11.4 Å². The molecule has 0 amide bonds. The van der Waals surface area contributed by atoms with E-state index in [2.05, 4.69) is 27.9 Å². The van der Waals surface area contributed by atoms with Crippen molar-refractivity contribution in [2.75, 3.05) is 11.9 Å². The van der Waals surface area contributed by atoms with Crippen molar-refractivity contribution >= 4 is 34.0 Å². The fraction of sp³-hybridized carbons (Fsp3) is 0.500. The molecule has 6 heteroatoms. The highest BCUT2D eigenvalue weighted by Gasteiger charge is 2.26. The van der Waals surface area contributed by atoms with Crippen LogP contribution in [-0.4, -0.2) is 17.5 Å². The van der Waals surface area contributed by atoms with Crippen molar-refractivity contribution in [1.82, 2.24) is 0 Å². The molecule has 0 aliphatic heterocycles. The Balaban J connectivity index is 2.12. The maximum Gasteiger partial charge on any atom is 0.270 e. The number of nitro groups is 1. The van der Waals surface area contributed by atoms with Crippen molar-refractivity contribution in [2.45, 2.75) is 25.3 Å². The Hall–Kier alpha value is -0.890. The number of hydrogen-bond donors (Lipinski definition) is 2. The third-order valence-electron chi connectivity index (χ3n) is 3.47. The van der Waals surface area contributed by atoms with Crippen molar-refractivity contribution in [1.29, 1.82) is 0 Å². The maximum absolute atomic E-state index is 10.7. The van der Waals surface area contributed by atoms with Crippen molar-refractivity contribution in [2.24, 2.45) is 11.7 Å². The maximum atomic E-state index is 10.7. The van der Waals surface area contributed by atoms with E-state index in [1.165, 1.54) is 12.5 Å². The summed E-state index contributed by atoms with van der Waals surface area (Å²) in [6.07, 6.45) is 3.48. The van der Waals surface area contributed by atoms with E-state index >= 15 is 0 Å². The number of rotatable bonds is 4. The van der Waals surface area contributed by atoms with Crippen LogP contribution < -0.4 is 11.1 Å². The van der Waals surface area contributed by atoms with Gasteiger partial charge in [0.05, 0.1) is 4.92 Å². The highest BCUT2D eigenvalue weighted by Crippen LogP contribution is 2.30. The summed E-state index contributed by atoms with van der Waals surface area (Å²) >= 11 is 2.13. The van der Waals surface area contributed by atoms with Gasteiger partial charge >= 0.3 is 0 Å². The van der Waals surface area contributed by atoms with Crippen molar-refractivity contribution in [3.8, 4) is 0 Å². The van der Waals surface area contributed by atoms with Crippen molar-refractivity contribution < 1.29 is 4.92 Å². The SMILES string of the molecule is NCC1CCCC1Nc1ccc([N+](=O)[O-])cc1I. The molecule has 5 nitrogen and oxygen atoms in total. The van der Waals surface area contributed by atoms with Gasteiger partial charge in [-0.3, -0.25) is 10.1 Å². The molecule has 3 N–H and O–H groups in total. The molecule has 18 heavy (non-hydrogen) atoms. The number of nitrogens with zero attached hydrogens (tertiary/aromatic N) is 1. The number of hydrogen-bond acceptors (Lipinski definition) is 4. The zero-order valence-corrected chi connectivity index (χ0v) is 12.1. The smallest absolute Gasteiger partial charge is 0.270 e. The molecule has 2 atom stereocenters. The van der Waals surface area contributed by atoms with Gasteiger partial charge in [0.2, 0.25) is 0 Å². The summed E-state index contributed by atoms with van der Waals surface area (Å²) in [7, 11) is 0. The minimum Gasteiger partial charge on any atom is -0.381 e. The average molecular weight is 361 g/mol. The molecule has 1 saturated carbocycles. The van der Waals surface area contributed by atoms with E-state index in [1.54, 1.807) is 12.1 Å². The number of nitrogens with one attached hydrogen (secondary N) is 1. The summed E-state index contributed by atoms with van der Waals surface area (Å²) in [6.45, 7) is 0.696. The second-order valence-electron chi connectivity index (χ2n) is 4.60.